The third-order valence-electron chi connectivity index (χ3n) is 3.77. The molecule has 22 heavy (non-hydrogen) atoms. The molecule has 0 aliphatic carbocycles. The molecule has 0 aliphatic heterocycles. The number of aromatic nitrogens is 7. The molecule has 0 N–H and O–H groups in total. The molecule has 4 rings (SSSR count). The Kier molecular flexibility index (Phi) is 2.78. The predicted octanol–water partition coefficient (Wildman–Crippen LogP) is 1.68. The lowest BCUT2D eigenvalue weighted by Gasteiger charge is -2.07. The summed E-state index contributed by atoms with van der Waals surface area (Å²) in [6.07, 6.45) is 7.30. The molecule has 0 aromatic carbocycles. The van der Waals surface area contributed by atoms with E-state index in [4.69, 9.17) is 0 Å². The second kappa shape index (κ2) is 4.80. The Morgan fingerprint density at radius 3 is 2.91 bits per heavy atom. The van der Waals surface area contributed by atoms with Crippen molar-refractivity contribution in [2.45, 2.75) is 13.5 Å². The fraction of sp³-hybridized carbons (Fsp3) is 0.200. The van der Waals surface area contributed by atoms with Gasteiger partial charge in [0.2, 0.25) is 0 Å². The van der Waals surface area contributed by atoms with Gasteiger partial charge in [0.05, 0.1) is 12.2 Å². The number of hydrogen-bond acceptors (Lipinski definition) is 4. The lowest BCUT2D eigenvalue weighted by atomic mass is 10.3. The Labute approximate surface area is 126 Å². The Bertz CT molecular complexity index is 924. The topological polar surface area (TPSA) is 65.8 Å². The lowest BCUT2D eigenvalue weighted by molar-refractivity contribution is 0.739. The number of pyridine rings is 1. The first-order valence-electron chi connectivity index (χ1n) is 7.01. The smallest absolute Gasteiger partial charge is 0.160 e. The van der Waals surface area contributed by atoms with Crippen LogP contribution in [0, 0.1) is 6.92 Å². The van der Waals surface area contributed by atoms with Gasteiger partial charge in [-0.15, -0.1) is 0 Å². The van der Waals surface area contributed by atoms with Crippen LogP contribution in [0.4, 0.5) is 0 Å². The van der Waals surface area contributed by atoms with Gasteiger partial charge in [0.1, 0.15) is 17.8 Å². The van der Waals surface area contributed by atoms with Crippen LogP contribution in [0.1, 0.15) is 11.5 Å². The quantitative estimate of drug-likeness (QED) is 0.576. The minimum atomic E-state index is 0.658. The molecule has 0 radical (unpaired) electrons. The van der Waals surface area contributed by atoms with Crippen LogP contribution < -0.4 is 0 Å². The Morgan fingerprint density at radius 1 is 1.18 bits per heavy atom. The number of aryl methyl sites for hydroxylation is 2. The Hall–Kier alpha value is -2.96. The summed E-state index contributed by atoms with van der Waals surface area (Å²) in [5.74, 6) is 1.81. The molecule has 0 saturated heterocycles. The first kappa shape index (κ1) is 12.8. The van der Waals surface area contributed by atoms with Crippen molar-refractivity contribution in [2.75, 3.05) is 0 Å². The SMILES string of the molecule is Cc1nc(-c2nccn2Cc2cccc3ncnn23)cn1C. The van der Waals surface area contributed by atoms with Gasteiger partial charge in [0.25, 0.3) is 0 Å². The Morgan fingerprint density at radius 2 is 2.09 bits per heavy atom. The van der Waals surface area contributed by atoms with Gasteiger partial charge in [-0.05, 0) is 19.1 Å². The van der Waals surface area contributed by atoms with Crippen molar-refractivity contribution in [3.63, 3.8) is 0 Å². The number of hydrogen-bond donors (Lipinski definition) is 0. The van der Waals surface area contributed by atoms with E-state index < -0.39 is 0 Å². The van der Waals surface area contributed by atoms with Crippen LogP contribution in [0.25, 0.3) is 17.2 Å². The summed E-state index contributed by atoms with van der Waals surface area (Å²) < 4.78 is 5.90. The molecule has 4 aromatic heterocycles. The minimum absolute atomic E-state index is 0.658. The van der Waals surface area contributed by atoms with Crippen molar-refractivity contribution in [2.24, 2.45) is 7.05 Å². The van der Waals surface area contributed by atoms with Crippen molar-refractivity contribution in [3.8, 4) is 11.5 Å². The van der Waals surface area contributed by atoms with Gasteiger partial charge in [0, 0.05) is 25.6 Å². The molecule has 0 atom stereocenters. The van der Waals surface area contributed by atoms with Gasteiger partial charge in [-0.25, -0.2) is 19.5 Å². The van der Waals surface area contributed by atoms with E-state index in [0.29, 0.717) is 6.54 Å². The summed E-state index contributed by atoms with van der Waals surface area (Å²) in [5.41, 5.74) is 2.76. The first-order chi connectivity index (χ1) is 10.7. The molecular weight excluding hydrogens is 278 g/mol. The fourth-order valence-electron chi connectivity index (χ4n) is 2.53. The molecule has 0 bridgehead atoms. The minimum Gasteiger partial charge on any atom is -0.337 e. The molecule has 4 aromatic rings. The second-order valence-corrected chi connectivity index (χ2v) is 5.21. The lowest BCUT2D eigenvalue weighted by Crippen LogP contribution is -2.06. The van der Waals surface area contributed by atoms with Crippen LogP contribution in [-0.4, -0.2) is 33.7 Å². The van der Waals surface area contributed by atoms with Crippen LogP contribution in [0.15, 0.2) is 43.1 Å². The number of imidazole rings is 2. The molecule has 0 amide bonds. The molecule has 0 unspecified atom stereocenters. The maximum absolute atomic E-state index is 4.55. The van der Waals surface area contributed by atoms with Crippen LogP contribution in [0.2, 0.25) is 0 Å². The van der Waals surface area contributed by atoms with Crippen LogP contribution in [0.5, 0.6) is 0 Å². The van der Waals surface area contributed by atoms with Gasteiger partial charge in [-0.2, -0.15) is 5.10 Å². The Balaban J connectivity index is 1.75. The van der Waals surface area contributed by atoms with Crippen molar-refractivity contribution >= 4 is 5.65 Å². The summed E-state index contributed by atoms with van der Waals surface area (Å²) in [6, 6.07) is 5.96. The van der Waals surface area contributed by atoms with E-state index in [1.807, 2.05) is 53.6 Å². The van der Waals surface area contributed by atoms with Crippen molar-refractivity contribution < 1.29 is 0 Å². The van der Waals surface area contributed by atoms with Gasteiger partial charge in [0.15, 0.2) is 11.5 Å². The molecule has 7 nitrogen and oxygen atoms in total. The summed E-state index contributed by atoms with van der Waals surface area (Å²) in [5, 5.41) is 4.27. The van der Waals surface area contributed by atoms with Crippen LogP contribution >= 0.6 is 0 Å². The predicted molar refractivity (Wildman–Crippen MR) is 81.3 cm³/mol. The van der Waals surface area contributed by atoms with E-state index in [-0.39, 0.29) is 0 Å². The average Bonchev–Trinajstić information content (AvgIpc) is 3.20. The van der Waals surface area contributed by atoms with Gasteiger partial charge >= 0.3 is 0 Å². The number of rotatable bonds is 3. The van der Waals surface area contributed by atoms with E-state index in [2.05, 4.69) is 24.6 Å². The molecule has 110 valence electrons. The summed E-state index contributed by atoms with van der Waals surface area (Å²) >= 11 is 0. The monoisotopic (exact) mass is 293 g/mol. The van der Waals surface area contributed by atoms with E-state index in [0.717, 1.165) is 28.7 Å². The zero-order valence-corrected chi connectivity index (χ0v) is 12.4. The van der Waals surface area contributed by atoms with Crippen LogP contribution in [0.3, 0.4) is 0 Å². The standard InChI is InChI=1S/C15H15N7/c1-11-19-13(9-20(11)2)15-16-6-7-21(15)8-12-4-3-5-14-17-10-18-22(12)14/h3-7,9-10H,8H2,1-2H3. The highest BCUT2D eigenvalue weighted by molar-refractivity contribution is 5.49. The highest BCUT2D eigenvalue weighted by atomic mass is 15.3. The van der Waals surface area contributed by atoms with Crippen molar-refractivity contribution in [1.82, 2.24) is 33.7 Å². The largest absolute Gasteiger partial charge is 0.337 e. The van der Waals surface area contributed by atoms with Gasteiger partial charge in [-0.1, -0.05) is 6.07 Å². The molecule has 7 heteroatoms. The molecule has 0 spiro atoms. The third-order valence-corrected chi connectivity index (χ3v) is 3.77. The number of fused-ring (bicyclic) bond motifs is 1. The maximum Gasteiger partial charge on any atom is 0.160 e. The third kappa shape index (κ3) is 1.98. The second-order valence-electron chi connectivity index (χ2n) is 5.21. The summed E-state index contributed by atoms with van der Waals surface area (Å²) in [7, 11) is 1.98. The van der Waals surface area contributed by atoms with Crippen molar-refractivity contribution in [3.05, 3.63) is 54.6 Å². The summed E-state index contributed by atoms with van der Waals surface area (Å²) in [6.45, 7) is 2.64. The van der Waals surface area contributed by atoms with E-state index >= 15 is 0 Å². The molecular formula is C15H15N7. The fourth-order valence-corrected chi connectivity index (χ4v) is 2.53. The zero-order valence-electron chi connectivity index (χ0n) is 12.4. The highest BCUT2D eigenvalue weighted by Gasteiger charge is 2.12. The van der Waals surface area contributed by atoms with Crippen LogP contribution in [-0.2, 0) is 13.6 Å². The maximum atomic E-state index is 4.55. The number of nitrogens with zero attached hydrogens (tertiary/aromatic N) is 7. The molecule has 0 aliphatic rings. The summed E-state index contributed by atoms with van der Waals surface area (Å²) in [4.78, 5) is 13.2. The van der Waals surface area contributed by atoms with Crippen molar-refractivity contribution in [1.29, 1.82) is 0 Å². The average molecular weight is 293 g/mol. The van der Waals surface area contributed by atoms with Gasteiger partial charge < -0.3 is 9.13 Å². The van der Waals surface area contributed by atoms with Gasteiger partial charge in [-0.3, -0.25) is 0 Å². The zero-order chi connectivity index (χ0) is 15.1. The molecule has 0 saturated carbocycles. The highest BCUT2D eigenvalue weighted by Crippen LogP contribution is 2.18. The first-order valence-corrected chi connectivity index (χ1v) is 7.01. The van der Waals surface area contributed by atoms with E-state index in [9.17, 15) is 0 Å². The molecule has 0 fully saturated rings. The normalized spacial score (nSPS) is 11.4. The van der Waals surface area contributed by atoms with E-state index in [1.165, 1.54) is 0 Å². The van der Waals surface area contributed by atoms with E-state index in [1.54, 1.807) is 12.5 Å². The molecule has 4 heterocycles.